The van der Waals surface area contributed by atoms with Crippen molar-refractivity contribution in [2.75, 3.05) is 12.4 Å². The van der Waals surface area contributed by atoms with Crippen molar-refractivity contribution in [2.24, 2.45) is 0 Å². The summed E-state index contributed by atoms with van der Waals surface area (Å²) in [5.41, 5.74) is 1.57. The third-order valence-electron chi connectivity index (χ3n) is 2.30. The number of carbonyl (C=O) groups is 2. The van der Waals surface area contributed by atoms with E-state index in [-0.39, 0.29) is 11.7 Å². The van der Waals surface area contributed by atoms with Gasteiger partial charge in [0.1, 0.15) is 0 Å². The van der Waals surface area contributed by atoms with Crippen LogP contribution < -0.4 is 0 Å². The van der Waals surface area contributed by atoms with Crippen molar-refractivity contribution in [3.8, 4) is 0 Å². The lowest BCUT2D eigenvalue weighted by Crippen LogP contribution is -2.07. The zero-order chi connectivity index (χ0) is 12.8. The molecule has 0 unspecified atom stereocenters. The van der Waals surface area contributed by atoms with Crippen LogP contribution in [0, 0.1) is 0 Å². The van der Waals surface area contributed by atoms with Crippen LogP contribution in [-0.2, 0) is 10.6 Å². The quantitative estimate of drug-likeness (QED) is 0.475. The first-order chi connectivity index (χ1) is 8.13. The molecule has 3 nitrogen and oxygen atoms in total. The molecule has 0 saturated heterocycles. The van der Waals surface area contributed by atoms with E-state index in [2.05, 4.69) is 20.7 Å². The molecule has 0 atom stereocenters. The fourth-order valence-electron chi connectivity index (χ4n) is 1.42. The molecule has 0 saturated carbocycles. The molecule has 0 fully saturated rings. The molecular weight excluding hydrogens is 307 g/mol. The van der Waals surface area contributed by atoms with Gasteiger partial charge in [0.15, 0.2) is 5.78 Å². The second-order valence-electron chi connectivity index (χ2n) is 3.36. The molecule has 1 aromatic rings. The summed E-state index contributed by atoms with van der Waals surface area (Å²) < 4.78 is 4.64. The molecule has 0 aliphatic rings. The van der Waals surface area contributed by atoms with E-state index in [1.165, 1.54) is 7.11 Å². The molecule has 0 aliphatic carbocycles. The summed E-state index contributed by atoms with van der Waals surface area (Å²) in [6.45, 7) is 0. The Labute approximate surface area is 113 Å². The molecule has 17 heavy (non-hydrogen) atoms. The third-order valence-corrected chi connectivity index (χ3v) is 2.98. The van der Waals surface area contributed by atoms with Gasteiger partial charge in [-0.05, 0) is 17.7 Å². The van der Waals surface area contributed by atoms with Crippen LogP contribution in [0.5, 0.6) is 0 Å². The molecule has 0 spiro atoms. The molecular formula is C12H12BrClO3. The van der Waals surface area contributed by atoms with Crippen molar-refractivity contribution in [3.63, 3.8) is 0 Å². The number of carbonyl (C=O) groups excluding carboxylic acids is 2. The zero-order valence-electron chi connectivity index (χ0n) is 9.33. The number of benzene rings is 1. The summed E-state index contributed by atoms with van der Waals surface area (Å²) in [6.07, 6.45) is 0.416. The molecule has 0 radical (unpaired) electrons. The maximum atomic E-state index is 11.7. The summed E-state index contributed by atoms with van der Waals surface area (Å²) >= 11 is 8.97. The average molecular weight is 320 g/mol. The molecule has 92 valence electrons. The number of esters is 1. The van der Waals surface area contributed by atoms with E-state index in [1.807, 2.05) is 0 Å². The van der Waals surface area contributed by atoms with Gasteiger partial charge in [0, 0.05) is 23.2 Å². The summed E-state index contributed by atoms with van der Waals surface area (Å²) in [4.78, 5) is 23.1. The Morgan fingerprint density at radius 3 is 2.65 bits per heavy atom. The average Bonchev–Trinajstić information content (AvgIpc) is 2.37. The summed E-state index contributed by atoms with van der Waals surface area (Å²) in [7, 11) is 1.31. The van der Waals surface area contributed by atoms with Crippen LogP contribution in [0.3, 0.4) is 0 Å². The van der Waals surface area contributed by atoms with Crippen molar-refractivity contribution in [1.82, 2.24) is 0 Å². The van der Waals surface area contributed by atoms with E-state index in [0.717, 1.165) is 0 Å². The third kappa shape index (κ3) is 3.54. The van der Waals surface area contributed by atoms with Crippen molar-refractivity contribution in [1.29, 1.82) is 0 Å². The Hall–Kier alpha value is -0.870. The van der Waals surface area contributed by atoms with Gasteiger partial charge in [-0.25, -0.2) is 4.79 Å². The number of hydrogen-bond acceptors (Lipinski definition) is 3. The smallest absolute Gasteiger partial charge is 0.338 e. The first-order valence-corrected chi connectivity index (χ1v) is 6.66. The molecule has 0 aromatic heterocycles. The zero-order valence-corrected chi connectivity index (χ0v) is 11.7. The minimum atomic E-state index is -0.444. The lowest BCUT2D eigenvalue weighted by Gasteiger charge is -2.07. The van der Waals surface area contributed by atoms with E-state index in [1.54, 1.807) is 18.2 Å². The highest BCUT2D eigenvalue weighted by molar-refractivity contribution is 9.09. The number of ketones is 1. The van der Waals surface area contributed by atoms with Crippen LogP contribution in [0.2, 0.25) is 0 Å². The molecule has 0 bridgehead atoms. The van der Waals surface area contributed by atoms with Crippen molar-refractivity contribution in [2.45, 2.75) is 12.3 Å². The van der Waals surface area contributed by atoms with Gasteiger partial charge >= 0.3 is 5.97 Å². The van der Waals surface area contributed by atoms with Crippen LogP contribution in [0.25, 0.3) is 0 Å². The normalized spacial score (nSPS) is 10.1. The number of Topliss-reactive ketones (excluding diaryl/α,β-unsaturated/α-hetero) is 1. The van der Waals surface area contributed by atoms with Gasteiger partial charge in [-0.15, -0.1) is 11.6 Å². The monoisotopic (exact) mass is 318 g/mol. The van der Waals surface area contributed by atoms with Crippen molar-refractivity contribution >= 4 is 39.3 Å². The SMILES string of the molecule is COC(=O)c1ccc(C(=O)CCBr)cc1CCl. The Kier molecular flexibility index (Phi) is 5.65. The molecule has 0 N–H and O–H groups in total. The van der Waals surface area contributed by atoms with E-state index in [9.17, 15) is 9.59 Å². The van der Waals surface area contributed by atoms with Crippen LogP contribution in [-0.4, -0.2) is 24.2 Å². The topological polar surface area (TPSA) is 43.4 Å². The Morgan fingerprint density at radius 2 is 2.12 bits per heavy atom. The highest BCUT2D eigenvalue weighted by atomic mass is 79.9. The minimum absolute atomic E-state index is 0.0182. The van der Waals surface area contributed by atoms with Gasteiger partial charge in [-0.2, -0.15) is 0 Å². The molecule has 5 heteroatoms. The molecule has 1 aromatic carbocycles. The lowest BCUT2D eigenvalue weighted by molar-refractivity contribution is 0.0599. The van der Waals surface area contributed by atoms with Crippen LogP contribution in [0.1, 0.15) is 32.7 Å². The van der Waals surface area contributed by atoms with E-state index in [4.69, 9.17) is 11.6 Å². The number of halogens is 2. The second-order valence-corrected chi connectivity index (χ2v) is 4.42. The van der Waals surface area contributed by atoms with Gasteiger partial charge in [-0.1, -0.05) is 22.0 Å². The fraction of sp³-hybridized carbons (Fsp3) is 0.333. The first kappa shape index (κ1) is 14.2. The minimum Gasteiger partial charge on any atom is -0.465 e. The van der Waals surface area contributed by atoms with E-state index >= 15 is 0 Å². The van der Waals surface area contributed by atoms with Crippen molar-refractivity contribution < 1.29 is 14.3 Å². The fourth-order valence-corrected chi connectivity index (χ4v) is 2.00. The van der Waals surface area contributed by atoms with Gasteiger partial charge < -0.3 is 4.74 Å². The Bertz CT molecular complexity index is 432. The predicted molar refractivity (Wildman–Crippen MR) is 70.1 cm³/mol. The van der Waals surface area contributed by atoms with Gasteiger partial charge in [-0.3, -0.25) is 4.79 Å². The number of rotatable bonds is 5. The molecule has 0 aliphatic heterocycles. The number of methoxy groups -OCH3 is 1. The van der Waals surface area contributed by atoms with E-state index in [0.29, 0.717) is 28.4 Å². The van der Waals surface area contributed by atoms with E-state index < -0.39 is 5.97 Å². The highest BCUT2D eigenvalue weighted by Crippen LogP contribution is 2.17. The summed E-state index contributed by atoms with van der Waals surface area (Å²) in [6, 6.07) is 4.84. The van der Waals surface area contributed by atoms with Crippen LogP contribution in [0.15, 0.2) is 18.2 Å². The molecule has 0 heterocycles. The number of ether oxygens (including phenoxy) is 1. The standard InChI is InChI=1S/C12H12BrClO3/c1-17-12(16)10-3-2-8(6-9(10)7-14)11(15)4-5-13/h2-3,6H,4-5,7H2,1H3. The summed E-state index contributed by atoms with van der Waals surface area (Å²) in [5, 5.41) is 0.612. The maximum absolute atomic E-state index is 11.7. The van der Waals surface area contributed by atoms with Gasteiger partial charge in [0.2, 0.25) is 0 Å². The van der Waals surface area contributed by atoms with Gasteiger partial charge in [0.05, 0.1) is 12.7 Å². The Morgan fingerprint density at radius 1 is 1.41 bits per heavy atom. The van der Waals surface area contributed by atoms with Crippen LogP contribution in [0.4, 0.5) is 0 Å². The number of hydrogen-bond donors (Lipinski definition) is 0. The van der Waals surface area contributed by atoms with Crippen LogP contribution >= 0.6 is 27.5 Å². The predicted octanol–water partition coefficient (Wildman–Crippen LogP) is 3.18. The highest BCUT2D eigenvalue weighted by Gasteiger charge is 2.14. The summed E-state index contributed by atoms with van der Waals surface area (Å²) in [5.74, 6) is -0.260. The first-order valence-electron chi connectivity index (χ1n) is 5.00. The largest absolute Gasteiger partial charge is 0.465 e. The second kappa shape index (κ2) is 6.77. The van der Waals surface area contributed by atoms with Gasteiger partial charge in [0.25, 0.3) is 0 Å². The number of alkyl halides is 2. The van der Waals surface area contributed by atoms with Crippen molar-refractivity contribution in [3.05, 3.63) is 34.9 Å². The Balaban J connectivity index is 3.08. The maximum Gasteiger partial charge on any atom is 0.338 e. The molecule has 0 amide bonds. The lowest BCUT2D eigenvalue weighted by atomic mass is 10.0. The molecule has 1 rings (SSSR count).